The maximum atomic E-state index is 12.1. The van der Waals surface area contributed by atoms with Gasteiger partial charge in [0.1, 0.15) is 11.5 Å². The summed E-state index contributed by atoms with van der Waals surface area (Å²) >= 11 is 0. The normalized spacial score (nSPS) is 11.7. The number of methoxy groups -OCH3 is 2. The molecule has 1 unspecified atom stereocenters. The number of urea groups is 1. The minimum Gasteiger partial charge on any atom is -0.493 e. The number of amides is 2. The Morgan fingerprint density at radius 3 is 2.48 bits per heavy atom. The van der Waals surface area contributed by atoms with Crippen molar-refractivity contribution in [3.8, 4) is 11.5 Å². The lowest BCUT2D eigenvalue weighted by molar-refractivity contribution is 0.238. The lowest BCUT2D eigenvalue weighted by atomic mass is 10.1. The van der Waals surface area contributed by atoms with Gasteiger partial charge in [0.15, 0.2) is 11.5 Å². The van der Waals surface area contributed by atoms with Crippen LogP contribution in [0, 0.1) is 13.8 Å². The zero-order chi connectivity index (χ0) is 18.4. The van der Waals surface area contributed by atoms with Crippen molar-refractivity contribution in [3.63, 3.8) is 0 Å². The van der Waals surface area contributed by atoms with Gasteiger partial charge in [-0.3, -0.25) is 0 Å². The molecule has 6 nitrogen and oxygen atoms in total. The molecule has 0 aliphatic heterocycles. The fraction of sp³-hybridized carbons (Fsp3) is 0.421. The van der Waals surface area contributed by atoms with Crippen LogP contribution in [0.2, 0.25) is 0 Å². The summed E-state index contributed by atoms with van der Waals surface area (Å²) in [5.74, 6) is 3.05. The Labute approximate surface area is 148 Å². The van der Waals surface area contributed by atoms with Crippen LogP contribution in [0.1, 0.15) is 35.6 Å². The molecule has 1 aromatic heterocycles. The molecular weight excluding hydrogens is 320 g/mol. The Bertz CT molecular complexity index is 724. The van der Waals surface area contributed by atoms with Crippen molar-refractivity contribution in [2.24, 2.45) is 0 Å². The molecule has 2 rings (SSSR count). The lowest BCUT2D eigenvalue weighted by Crippen LogP contribution is -2.38. The molecule has 0 fully saturated rings. The fourth-order valence-corrected chi connectivity index (χ4v) is 2.76. The summed E-state index contributed by atoms with van der Waals surface area (Å²) in [6, 6.07) is 7.37. The number of ether oxygens (including phenoxy) is 2. The van der Waals surface area contributed by atoms with Crippen molar-refractivity contribution >= 4 is 6.03 Å². The summed E-state index contributed by atoms with van der Waals surface area (Å²) in [4.78, 5) is 12.1. The van der Waals surface area contributed by atoms with Gasteiger partial charge in [0.2, 0.25) is 0 Å². The zero-order valence-electron chi connectivity index (χ0n) is 15.4. The third-order valence-electron chi connectivity index (χ3n) is 4.04. The molecule has 1 aromatic carbocycles. The van der Waals surface area contributed by atoms with E-state index in [-0.39, 0.29) is 12.1 Å². The van der Waals surface area contributed by atoms with Crippen molar-refractivity contribution < 1.29 is 18.7 Å². The largest absolute Gasteiger partial charge is 0.493 e. The van der Waals surface area contributed by atoms with E-state index in [1.165, 1.54) is 0 Å². The van der Waals surface area contributed by atoms with Crippen molar-refractivity contribution in [3.05, 3.63) is 46.9 Å². The van der Waals surface area contributed by atoms with E-state index >= 15 is 0 Å². The second kappa shape index (κ2) is 8.46. The molecule has 0 aliphatic rings. The van der Waals surface area contributed by atoms with E-state index in [4.69, 9.17) is 13.9 Å². The first-order chi connectivity index (χ1) is 11.9. The number of hydrogen-bond donors (Lipinski definition) is 2. The first kappa shape index (κ1) is 18.7. The Morgan fingerprint density at radius 1 is 1.16 bits per heavy atom. The smallest absolute Gasteiger partial charge is 0.315 e. The van der Waals surface area contributed by atoms with Crippen LogP contribution in [0.3, 0.4) is 0 Å². The molecule has 25 heavy (non-hydrogen) atoms. The second-order valence-corrected chi connectivity index (χ2v) is 5.93. The minimum atomic E-state index is -0.203. The fourth-order valence-electron chi connectivity index (χ4n) is 2.76. The van der Waals surface area contributed by atoms with E-state index in [9.17, 15) is 4.79 Å². The van der Waals surface area contributed by atoms with Gasteiger partial charge >= 0.3 is 6.03 Å². The molecule has 1 atom stereocenters. The van der Waals surface area contributed by atoms with Gasteiger partial charge in [-0.1, -0.05) is 6.07 Å². The van der Waals surface area contributed by atoms with Crippen molar-refractivity contribution in [2.75, 3.05) is 20.8 Å². The molecule has 0 radical (unpaired) electrons. The molecule has 0 spiro atoms. The third kappa shape index (κ3) is 4.92. The number of rotatable bonds is 7. The summed E-state index contributed by atoms with van der Waals surface area (Å²) in [5, 5.41) is 5.79. The predicted molar refractivity (Wildman–Crippen MR) is 96.4 cm³/mol. The molecule has 2 aromatic rings. The van der Waals surface area contributed by atoms with Gasteiger partial charge in [-0.25, -0.2) is 4.79 Å². The second-order valence-electron chi connectivity index (χ2n) is 5.93. The minimum absolute atomic E-state index is 0.112. The highest BCUT2D eigenvalue weighted by Crippen LogP contribution is 2.27. The highest BCUT2D eigenvalue weighted by Gasteiger charge is 2.14. The first-order valence-electron chi connectivity index (χ1n) is 8.26. The van der Waals surface area contributed by atoms with Crippen LogP contribution in [0.5, 0.6) is 11.5 Å². The molecule has 0 saturated heterocycles. The molecule has 0 aliphatic carbocycles. The van der Waals surface area contributed by atoms with Gasteiger partial charge < -0.3 is 24.5 Å². The first-order valence-corrected chi connectivity index (χ1v) is 8.26. The van der Waals surface area contributed by atoms with E-state index in [1.54, 1.807) is 14.2 Å². The van der Waals surface area contributed by atoms with Crippen molar-refractivity contribution in [1.82, 2.24) is 10.6 Å². The molecule has 0 saturated carbocycles. The van der Waals surface area contributed by atoms with E-state index < -0.39 is 0 Å². The maximum absolute atomic E-state index is 12.1. The number of furan rings is 1. The highest BCUT2D eigenvalue weighted by atomic mass is 16.5. The Hall–Kier alpha value is -2.63. The highest BCUT2D eigenvalue weighted by molar-refractivity contribution is 5.74. The van der Waals surface area contributed by atoms with Gasteiger partial charge in [0.05, 0.1) is 20.3 Å². The molecule has 2 N–H and O–H groups in total. The van der Waals surface area contributed by atoms with Crippen LogP contribution in [0.25, 0.3) is 0 Å². The van der Waals surface area contributed by atoms with Gasteiger partial charge in [0, 0.05) is 12.1 Å². The molecule has 6 heteroatoms. The molecule has 2 amide bonds. The van der Waals surface area contributed by atoms with Gasteiger partial charge in [0.25, 0.3) is 0 Å². The third-order valence-corrected chi connectivity index (χ3v) is 4.04. The molecule has 136 valence electrons. The van der Waals surface area contributed by atoms with E-state index in [0.29, 0.717) is 24.5 Å². The summed E-state index contributed by atoms with van der Waals surface area (Å²) in [6.45, 7) is 6.25. The quantitative estimate of drug-likeness (QED) is 0.804. The number of nitrogens with one attached hydrogen (secondary N) is 2. The number of aryl methyl sites for hydroxylation is 2. The van der Waals surface area contributed by atoms with Crippen LogP contribution in [-0.2, 0) is 6.42 Å². The average Bonchev–Trinajstić information content (AvgIpc) is 2.93. The maximum Gasteiger partial charge on any atom is 0.315 e. The SMILES string of the molecule is COc1ccc(CCNC(=O)NC(C)c2cc(C)oc2C)cc1OC. The van der Waals surface area contributed by atoms with Crippen molar-refractivity contribution in [2.45, 2.75) is 33.2 Å². The monoisotopic (exact) mass is 346 g/mol. The Balaban J connectivity index is 1.83. The number of carbonyl (C=O) groups is 1. The summed E-state index contributed by atoms with van der Waals surface area (Å²) in [7, 11) is 3.21. The van der Waals surface area contributed by atoms with Gasteiger partial charge in [-0.15, -0.1) is 0 Å². The summed E-state index contributed by atoms with van der Waals surface area (Å²) < 4.78 is 16.0. The predicted octanol–water partition coefficient (Wildman–Crippen LogP) is 3.52. The van der Waals surface area contributed by atoms with Gasteiger partial charge in [-0.2, -0.15) is 0 Å². The van der Waals surface area contributed by atoms with E-state index in [1.807, 2.05) is 45.0 Å². The van der Waals surface area contributed by atoms with Crippen molar-refractivity contribution in [1.29, 1.82) is 0 Å². The van der Waals surface area contributed by atoms with E-state index in [2.05, 4.69) is 10.6 Å². The number of carbonyl (C=O) groups excluding carboxylic acids is 1. The van der Waals surface area contributed by atoms with Crippen LogP contribution in [0.4, 0.5) is 4.79 Å². The van der Waals surface area contributed by atoms with Crippen LogP contribution in [-0.4, -0.2) is 26.8 Å². The standard InChI is InChI=1S/C19H26N2O4/c1-12-10-16(14(3)25-12)13(2)21-19(22)20-9-8-15-6-7-17(23-4)18(11-15)24-5/h6-7,10-11,13H,8-9H2,1-5H3,(H2,20,21,22). The molecular formula is C19H26N2O4. The lowest BCUT2D eigenvalue weighted by Gasteiger charge is -2.14. The molecule has 0 bridgehead atoms. The zero-order valence-corrected chi connectivity index (χ0v) is 15.4. The van der Waals surface area contributed by atoms with Crippen LogP contribution in [0.15, 0.2) is 28.7 Å². The number of benzene rings is 1. The molecule has 1 heterocycles. The van der Waals surface area contributed by atoms with Gasteiger partial charge in [-0.05, 0) is 51.0 Å². The topological polar surface area (TPSA) is 72.7 Å². The number of hydrogen-bond acceptors (Lipinski definition) is 4. The van der Waals surface area contributed by atoms with Crippen LogP contribution < -0.4 is 20.1 Å². The average molecular weight is 346 g/mol. The Morgan fingerprint density at radius 2 is 1.88 bits per heavy atom. The Kier molecular flexibility index (Phi) is 6.33. The summed E-state index contributed by atoms with van der Waals surface area (Å²) in [6.07, 6.45) is 0.700. The van der Waals surface area contributed by atoms with Crippen LogP contribution >= 0.6 is 0 Å². The summed E-state index contributed by atoms with van der Waals surface area (Å²) in [5.41, 5.74) is 2.06. The van der Waals surface area contributed by atoms with E-state index in [0.717, 1.165) is 22.6 Å².